The van der Waals surface area contributed by atoms with Crippen molar-refractivity contribution < 1.29 is 0 Å². The van der Waals surface area contributed by atoms with Crippen molar-refractivity contribution in [3.63, 3.8) is 0 Å². The van der Waals surface area contributed by atoms with Gasteiger partial charge in [0.25, 0.3) is 0 Å². The normalized spacial score (nSPS) is 11.7. The molecular weight excluding hydrogens is 210 g/mol. The van der Waals surface area contributed by atoms with E-state index in [1.165, 1.54) is 0 Å². The van der Waals surface area contributed by atoms with Crippen molar-refractivity contribution in [3.05, 3.63) is 43.1 Å². The van der Waals surface area contributed by atoms with Crippen LogP contribution in [0.3, 0.4) is 0 Å². The average molecular weight is 229 g/mol. The van der Waals surface area contributed by atoms with E-state index in [9.17, 15) is 0 Å². The lowest BCUT2D eigenvalue weighted by atomic mass is 10.0. The summed E-state index contributed by atoms with van der Waals surface area (Å²) >= 11 is 0. The van der Waals surface area contributed by atoms with E-state index in [1.807, 2.05) is 6.20 Å². The van der Waals surface area contributed by atoms with Crippen LogP contribution in [-0.2, 0) is 0 Å². The van der Waals surface area contributed by atoms with Crippen LogP contribution >= 0.6 is 0 Å². The van der Waals surface area contributed by atoms with E-state index in [0.29, 0.717) is 5.92 Å². The molecule has 0 N–H and O–H groups in total. The Morgan fingerprint density at radius 1 is 1.41 bits per heavy atom. The molecule has 0 amide bonds. The molecule has 3 nitrogen and oxygen atoms in total. The van der Waals surface area contributed by atoms with E-state index in [2.05, 4.69) is 41.5 Å². The molecule has 0 atom stereocenters. The van der Waals surface area contributed by atoms with Gasteiger partial charge in [0.2, 0.25) is 0 Å². The van der Waals surface area contributed by atoms with Crippen LogP contribution in [0.2, 0.25) is 0 Å². The number of aromatic nitrogens is 2. The summed E-state index contributed by atoms with van der Waals surface area (Å²) < 4.78 is 0. The minimum absolute atomic E-state index is 0.608. The van der Waals surface area contributed by atoms with Gasteiger partial charge in [-0.25, -0.2) is 0 Å². The van der Waals surface area contributed by atoms with Crippen LogP contribution in [0.5, 0.6) is 0 Å². The van der Waals surface area contributed by atoms with Gasteiger partial charge < -0.3 is 0 Å². The number of allylic oxidation sites excluding steroid dienone is 2. The van der Waals surface area contributed by atoms with E-state index in [-0.39, 0.29) is 0 Å². The van der Waals surface area contributed by atoms with Crippen LogP contribution in [0, 0.1) is 5.92 Å². The zero-order valence-corrected chi connectivity index (χ0v) is 10.5. The van der Waals surface area contributed by atoms with Crippen molar-refractivity contribution in [2.45, 2.75) is 26.7 Å². The Labute approximate surface area is 103 Å². The van der Waals surface area contributed by atoms with E-state index in [1.54, 1.807) is 24.8 Å². The molecule has 0 bridgehead atoms. The van der Waals surface area contributed by atoms with Crippen molar-refractivity contribution >= 4 is 11.8 Å². The summed E-state index contributed by atoms with van der Waals surface area (Å²) in [5.41, 5.74) is 1.53. The third-order valence-corrected chi connectivity index (χ3v) is 2.62. The lowest BCUT2D eigenvalue weighted by molar-refractivity contribution is 0.605. The summed E-state index contributed by atoms with van der Waals surface area (Å²) in [5.74, 6) is 0.608. The molecule has 0 aromatic carbocycles. The minimum atomic E-state index is 0.608. The second-order valence-corrected chi connectivity index (χ2v) is 3.81. The third kappa shape index (κ3) is 4.72. The molecule has 0 saturated heterocycles. The zero-order valence-electron chi connectivity index (χ0n) is 10.5. The molecule has 1 aromatic rings. The molecule has 0 aliphatic carbocycles. The maximum atomic E-state index is 4.21. The van der Waals surface area contributed by atoms with Crippen LogP contribution in [0.25, 0.3) is 5.57 Å². The molecule has 0 spiro atoms. The second kappa shape index (κ2) is 7.49. The summed E-state index contributed by atoms with van der Waals surface area (Å²) in [5, 5.41) is 0. The predicted molar refractivity (Wildman–Crippen MR) is 72.8 cm³/mol. The number of hydrogen-bond donors (Lipinski definition) is 0. The Morgan fingerprint density at radius 2 is 2.18 bits per heavy atom. The molecule has 3 heteroatoms. The number of aliphatic imine (C=N–C) groups is 1. The highest BCUT2D eigenvalue weighted by Gasteiger charge is 1.96. The van der Waals surface area contributed by atoms with Crippen molar-refractivity contribution in [2.75, 3.05) is 0 Å². The Morgan fingerprint density at radius 3 is 2.76 bits per heavy atom. The van der Waals surface area contributed by atoms with Gasteiger partial charge in [0, 0.05) is 30.4 Å². The first-order valence-corrected chi connectivity index (χ1v) is 5.93. The van der Waals surface area contributed by atoms with Gasteiger partial charge in [-0.15, -0.1) is 0 Å². The molecular formula is C14H19N3. The Bertz CT molecular complexity index is 389. The highest BCUT2D eigenvalue weighted by molar-refractivity contribution is 6.07. The smallest absolute Gasteiger partial charge is 0.0894 e. The van der Waals surface area contributed by atoms with Gasteiger partial charge in [-0.3, -0.25) is 15.0 Å². The lowest BCUT2D eigenvalue weighted by Gasteiger charge is -2.03. The summed E-state index contributed by atoms with van der Waals surface area (Å²) in [6, 6.07) is 0. The van der Waals surface area contributed by atoms with Crippen molar-refractivity contribution in [1.82, 2.24) is 9.97 Å². The molecule has 1 heterocycles. The SMILES string of the molecule is C=C(/C=N\C=C/C(CC)CC)c1cnccn1. The first-order valence-electron chi connectivity index (χ1n) is 5.93. The van der Waals surface area contributed by atoms with Gasteiger partial charge in [-0.1, -0.05) is 26.5 Å². The molecule has 90 valence electrons. The molecule has 0 radical (unpaired) electrons. The summed E-state index contributed by atoms with van der Waals surface area (Å²) in [7, 11) is 0. The monoisotopic (exact) mass is 229 g/mol. The highest BCUT2D eigenvalue weighted by atomic mass is 14.8. The van der Waals surface area contributed by atoms with E-state index < -0.39 is 0 Å². The number of hydrogen-bond acceptors (Lipinski definition) is 3. The minimum Gasteiger partial charge on any atom is -0.264 e. The topological polar surface area (TPSA) is 38.1 Å². The van der Waals surface area contributed by atoms with Crippen molar-refractivity contribution in [2.24, 2.45) is 10.9 Å². The molecule has 0 saturated carbocycles. The molecule has 0 unspecified atom stereocenters. The van der Waals surface area contributed by atoms with Gasteiger partial charge in [-0.05, 0) is 18.8 Å². The van der Waals surface area contributed by atoms with E-state index >= 15 is 0 Å². The van der Waals surface area contributed by atoms with Gasteiger partial charge in [-0.2, -0.15) is 0 Å². The maximum Gasteiger partial charge on any atom is 0.0894 e. The van der Waals surface area contributed by atoms with Gasteiger partial charge in [0.05, 0.1) is 11.9 Å². The van der Waals surface area contributed by atoms with E-state index in [4.69, 9.17) is 0 Å². The van der Waals surface area contributed by atoms with Gasteiger partial charge in [0.15, 0.2) is 0 Å². The first kappa shape index (κ1) is 13.3. The largest absolute Gasteiger partial charge is 0.264 e. The molecule has 0 aliphatic heterocycles. The Balaban J connectivity index is 2.52. The first-order chi connectivity index (χ1) is 8.27. The molecule has 1 rings (SSSR count). The fourth-order valence-electron chi connectivity index (χ4n) is 1.40. The second-order valence-electron chi connectivity index (χ2n) is 3.81. The molecule has 0 fully saturated rings. The fraction of sp³-hybridized carbons (Fsp3) is 0.357. The maximum absolute atomic E-state index is 4.21. The summed E-state index contributed by atoms with van der Waals surface area (Å²) in [6.45, 7) is 8.26. The van der Waals surface area contributed by atoms with Crippen molar-refractivity contribution in [1.29, 1.82) is 0 Å². The number of rotatable bonds is 6. The average Bonchev–Trinajstić information content (AvgIpc) is 2.40. The van der Waals surface area contributed by atoms with Crippen molar-refractivity contribution in [3.8, 4) is 0 Å². The third-order valence-electron chi connectivity index (χ3n) is 2.62. The number of nitrogens with zero attached hydrogens (tertiary/aromatic N) is 3. The van der Waals surface area contributed by atoms with Crippen LogP contribution < -0.4 is 0 Å². The summed E-state index contributed by atoms with van der Waals surface area (Å²) in [4.78, 5) is 12.3. The Kier molecular flexibility index (Phi) is 5.86. The van der Waals surface area contributed by atoms with Gasteiger partial charge >= 0.3 is 0 Å². The quantitative estimate of drug-likeness (QED) is 0.700. The van der Waals surface area contributed by atoms with Crippen LogP contribution in [-0.4, -0.2) is 16.2 Å². The van der Waals surface area contributed by atoms with Gasteiger partial charge in [0.1, 0.15) is 0 Å². The summed E-state index contributed by atoms with van der Waals surface area (Å²) in [6.07, 6.45) is 12.9. The van der Waals surface area contributed by atoms with Crippen LogP contribution in [0.4, 0.5) is 0 Å². The fourth-order valence-corrected chi connectivity index (χ4v) is 1.40. The zero-order chi connectivity index (χ0) is 12.5. The Hall–Kier alpha value is -1.77. The van der Waals surface area contributed by atoms with Crippen LogP contribution in [0.1, 0.15) is 32.4 Å². The molecule has 17 heavy (non-hydrogen) atoms. The van der Waals surface area contributed by atoms with E-state index in [0.717, 1.165) is 24.1 Å². The lowest BCUT2D eigenvalue weighted by Crippen LogP contribution is -1.90. The highest BCUT2D eigenvalue weighted by Crippen LogP contribution is 2.09. The standard InChI is InChI=1S/C14H19N3/c1-4-13(5-2)6-7-15-10-12(3)14-11-16-8-9-17-14/h6-11,13H,3-5H2,1-2H3/b7-6-,15-10-. The molecule has 0 aliphatic rings. The predicted octanol–water partition coefficient (Wildman–Crippen LogP) is 3.51. The molecule has 1 aromatic heterocycles. The van der Waals surface area contributed by atoms with Crippen LogP contribution in [0.15, 0.2) is 42.4 Å².